The minimum atomic E-state index is 0.0419. The van der Waals surface area contributed by atoms with Crippen molar-refractivity contribution in [3.8, 4) is 11.5 Å². The van der Waals surface area contributed by atoms with Crippen molar-refractivity contribution in [3.63, 3.8) is 0 Å². The molecule has 1 unspecified atom stereocenters. The highest BCUT2D eigenvalue weighted by molar-refractivity contribution is 9.10. The fourth-order valence-corrected chi connectivity index (χ4v) is 3.49. The summed E-state index contributed by atoms with van der Waals surface area (Å²) in [6, 6.07) is 12.0. The highest BCUT2D eigenvalue weighted by atomic mass is 79.9. The average Bonchev–Trinajstić information content (AvgIpc) is 3.15. The molecule has 4 aromatic rings. The van der Waals surface area contributed by atoms with Crippen LogP contribution in [0.3, 0.4) is 0 Å². The molecule has 8 heteroatoms. The van der Waals surface area contributed by atoms with Crippen molar-refractivity contribution in [1.82, 2.24) is 19.8 Å². The second-order valence-corrected chi connectivity index (χ2v) is 7.04. The van der Waals surface area contributed by atoms with Gasteiger partial charge in [0, 0.05) is 15.2 Å². The van der Waals surface area contributed by atoms with Crippen LogP contribution in [0.5, 0.6) is 11.5 Å². The van der Waals surface area contributed by atoms with Crippen molar-refractivity contribution in [2.24, 2.45) is 0 Å². The molecule has 0 radical (unpaired) electrons. The molecule has 4 rings (SSSR count). The van der Waals surface area contributed by atoms with Crippen LogP contribution in [0.2, 0.25) is 0 Å². The van der Waals surface area contributed by atoms with Crippen LogP contribution in [0, 0.1) is 0 Å². The minimum Gasteiger partial charge on any atom is -0.493 e. The number of anilines is 1. The van der Waals surface area contributed by atoms with E-state index in [0.29, 0.717) is 23.0 Å². The number of rotatable bonds is 5. The van der Waals surface area contributed by atoms with Gasteiger partial charge in [-0.3, -0.25) is 0 Å². The third kappa shape index (κ3) is 3.16. The molecule has 0 aliphatic carbocycles. The molecule has 0 aliphatic heterocycles. The molecular weight excluding hydrogens is 410 g/mol. The third-order valence-electron chi connectivity index (χ3n) is 4.46. The summed E-state index contributed by atoms with van der Waals surface area (Å²) in [5.41, 5.74) is 1.80. The fraction of sp³-hybridized carbons (Fsp3) is 0.211. The van der Waals surface area contributed by atoms with Gasteiger partial charge in [-0.15, -0.1) is 15.3 Å². The molecule has 138 valence electrons. The molecule has 2 aromatic heterocycles. The van der Waals surface area contributed by atoms with E-state index >= 15 is 0 Å². The lowest BCUT2D eigenvalue weighted by Crippen LogP contribution is -2.10. The first kappa shape index (κ1) is 17.5. The van der Waals surface area contributed by atoms with Crippen molar-refractivity contribution in [2.45, 2.75) is 13.0 Å². The largest absolute Gasteiger partial charge is 0.493 e. The number of halogens is 1. The molecule has 2 heterocycles. The van der Waals surface area contributed by atoms with Gasteiger partial charge >= 0.3 is 0 Å². The maximum atomic E-state index is 5.47. The van der Waals surface area contributed by atoms with Gasteiger partial charge in [0.05, 0.1) is 20.3 Å². The fourth-order valence-electron chi connectivity index (χ4n) is 3.07. The number of methoxy groups -OCH3 is 2. The lowest BCUT2D eigenvalue weighted by atomic mass is 10.1. The van der Waals surface area contributed by atoms with Crippen molar-refractivity contribution in [2.75, 3.05) is 19.5 Å². The van der Waals surface area contributed by atoms with E-state index in [1.165, 1.54) is 0 Å². The van der Waals surface area contributed by atoms with Gasteiger partial charge in [0.2, 0.25) is 0 Å². The Morgan fingerprint density at radius 1 is 1.07 bits per heavy atom. The lowest BCUT2D eigenvalue weighted by molar-refractivity contribution is 0.356. The second kappa shape index (κ2) is 7.03. The predicted molar refractivity (Wildman–Crippen MR) is 108 cm³/mol. The number of ether oxygens (including phenoxy) is 2. The Morgan fingerprint density at radius 3 is 2.52 bits per heavy atom. The van der Waals surface area contributed by atoms with Crippen LogP contribution in [-0.4, -0.2) is 34.0 Å². The monoisotopic (exact) mass is 427 g/mol. The number of aromatic nitrogens is 4. The number of nitrogens with one attached hydrogen (secondary N) is 1. The molecule has 1 N–H and O–H groups in total. The highest BCUT2D eigenvalue weighted by Crippen LogP contribution is 2.37. The standard InChI is InChI=1S/C19H18BrN5O2/c1-11(12-5-4-6-13(20)7-12)22-18-14-8-16(26-2)17(27-3)9-15(14)19-23-21-10-25(19)24-18/h4-11H,1-3H3,(H,22,24). The number of fused-ring (bicyclic) bond motifs is 3. The first-order chi connectivity index (χ1) is 13.1. The van der Waals surface area contributed by atoms with E-state index in [1.807, 2.05) is 24.3 Å². The second-order valence-electron chi connectivity index (χ2n) is 6.12. The summed E-state index contributed by atoms with van der Waals surface area (Å²) in [6.45, 7) is 2.09. The molecule has 0 spiro atoms. The number of hydrogen-bond acceptors (Lipinski definition) is 6. The van der Waals surface area contributed by atoms with Crippen LogP contribution in [0.15, 0.2) is 47.2 Å². The molecule has 7 nitrogen and oxygen atoms in total. The van der Waals surface area contributed by atoms with Crippen molar-refractivity contribution in [3.05, 3.63) is 52.8 Å². The van der Waals surface area contributed by atoms with Crippen molar-refractivity contribution in [1.29, 1.82) is 0 Å². The van der Waals surface area contributed by atoms with E-state index in [-0.39, 0.29) is 6.04 Å². The minimum absolute atomic E-state index is 0.0419. The van der Waals surface area contributed by atoms with E-state index in [1.54, 1.807) is 25.1 Å². The quantitative estimate of drug-likeness (QED) is 0.513. The van der Waals surface area contributed by atoms with Crippen LogP contribution in [0.25, 0.3) is 16.4 Å². The molecule has 0 saturated heterocycles. The first-order valence-electron chi connectivity index (χ1n) is 8.38. The highest BCUT2D eigenvalue weighted by Gasteiger charge is 2.17. The maximum Gasteiger partial charge on any atom is 0.185 e. The molecule has 1 atom stereocenters. The molecule has 0 saturated carbocycles. The number of nitrogens with zero attached hydrogens (tertiary/aromatic N) is 4. The third-order valence-corrected chi connectivity index (χ3v) is 4.95. The van der Waals surface area contributed by atoms with Crippen LogP contribution in [0.4, 0.5) is 5.82 Å². The summed E-state index contributed by atoms with van der Waals surface area (Å²) in [5.74, 6) is 1.98. The summed E-state index contributed by atoms with van der Waals surface area (Å²) < 4.78 is 13.6. The average molecular weight is 428 g/mol. The molecule has 27 heavy (non-hydrogen) atoms. The molecule has 0 amide bonds. The smallest absolute Gasteiger partial charge is 0.185 e. The summed E-state index contributed by atoms with van der Waals surface area (Å²) in [4.78, 5) is 0. The first-order valence-corrected chi connectivity index (χ1v) is 9.17. The van der Waals surface area contributed by atoms with E-state index < -0.39 is 0 Å². The van der Waals surface area contributed by atoms with Gasteiger partial charge in [0.25, 0.3) is 0 Å². The maximum absolute atomic E-state index is 5.47. The number of benzene rings is 2. The molecular formula is C19H18BrN5O2. The zero-order valence-electron chi connectivity index (χ0n) is 15.1. The van der Waals surface area contributed by atoms with Crippen LogP contribution in [0.1, 0.15) is 18.5 Å². The van der Waals surface area contributed by atoms with Crippen LogP contribution >= 0.6 is 15.9 Å². The van der Waals surface area contributed by atoms with E-state index in [0.717, 1.165) is 20.8 Å². The zero-order chi connectivity index (χ0) is 19.0. The Kier molecular flexibility index (Phi) is 4.57. The van der Waals surface area contributed by atoms with E-state index in [4.69, 9.17) is 9.47 Å². The predicted octanol–water partition coefficient (Wildman–Crippen LogP) is 4.23. The SMILES string of the molecule is COc1cc2c(NC(C)c3cccc(Br)c3)nn3cnnc3c2cc1OC. The molecule has 0 aliphatic rings. The van der Waals surface area contributed by atoms with Gasteiger partial charge in [-0.2, -0.15) is 4.52 Å². The summed E-state index contributed by atoms with van der Waals surface area (Å²) in [7, 11) is 3.23. The summed E-state index contributed by atoms with van der Waals surface area (Å²) in [6.07, 6.45) is 1.58. The Bertz CT molecular complexity index is 1130. The molecule has 0 fully saturated rings. The number of hydrogen-bond donors (Lipinski definition) is 1. The molecule has 2 aromatic carbocycles. The molecule has 0 bridgehead atoms. The van der Waals surface area contributed by atoms with Crippen molar-refractivity contribution < 1.29 is 9.47 Å². The van der Waals surface area contributed by atoms with Gasteiger partial charge in [-0.25, -0.2) is 0 Å². The van der Waals surface area contributed by atoms with Gasteiger partial charge < -0.3 is 14.8 Å². The zero-order valence-corrected chi connectivity index (χ0v) is 16.7. The van der Waals surface area contributed by atoms with Gasteiger partial charge in [-0.05, 0) is 36.8 Å². The van der Waals surface area contributed by atoms with Gasteiger partial charge in [0.1, 0.15) is 6.33 Å². The van der Waals surface area contributed by atoms with Gasteiger partial charge in [0.15, 0.2) is 23.0 Å². The van der Waals surface area contributed by atoms with E-state index in [9.17, 15) is 0 Å². The van der Waals surface area contributed by atoms with Crippen molar-refractivity contribution >= 4 is 38.2 Å². The summed E-state index contributed by atoms with van der Waals surface area (Å²) >= 11 is 3.52. The Morgan fingerprint density at radius 2 is 1.81 bits per heavy atom. The van der Waals surface area contributed by atoms with Crippen LogP contribution in [-0.2, 0) is 0 Å². The Balaban J connectivity index is 1.87. The lowest BCUT2D eigenvalue weighted by Gasteiger charge is -2.18. The topological polar surface area (TPSA) is 73.6 Å². The van der Waals surface area contributed by atoms with Gasteiger partial charge in [-0.1, -0.05) is 28.1 Å². The van der Waals surface area contributed by atoms with Crippen LogP contribution < -0.4 is 14.8 Å². The Hall–Kier alpha value is -2.87. The summed E-state index contributed by atoms with van der Waals surface area (Å²) in [5, 5.41) is 18.1. The Labute approximate surface area is 164 Å². The normalized spacial score (nSPS) is 12.3. The van der Waals surface area contributed by atoms with E-state index in [2.05, 4.69) is 55.6 Å².